The van der Waals surface area contributed by atoms with Crippen molar-refractivity contribution in [1.29, 1.82) is 0 Å². The maximum Gasteiger partial charge on any atom is 0.405 e. The molecular formula is C15H19F5N4O. The van der Waals surface area contributed by atoms with Gasteiger partial charge in [-0.2, -0.15) is 18.3 Å². The number of amides is 2. The van der Waals surface area contributed by atoms with Crippen molar-refractivity contribution in [3.05, 3.63) is 11.3 Å². The Morgan fingerprint density at radius 2 is 1.92 bits per heavy atom. The summed E-state index contributed by atoms with van der Waals surface area (Å²) >= 11 is 0. The van der Waals surface area contributed by atoms with E-state index in [-0.39, 0.29) is 30.5 Å². The van der Waals surface area contributed by atoms with Crippen LogP contribution >= 0.6 is 0 Å². The Bertz CT molecular complexity index is 658. The molecule has 0 aliphatic heterocycles. The molecule has 2 saturated carbocycles. The van der Waals surface area contributed by atoms with Gasteiger partial charge in [-0.1, -0.05) is 6.42 Å². The zero-order valence-corrected chi connectivity index (χ0v) is 13.6. The van der Waals surface area contributed by atoms with Crippen LogP contribution in [-0.2, 0) is 7.05 Å². The maximum absolute atomic E-state index is 13.2. The molecule has 0 radical (unpaired) electrons. The molecule has 2 amide bonds. The molecule has 10 heteroatoms. The van der Waals surface area contributed by atoms with Crippen LogP contribution in [0.1, 0.15) is 55.2 Å². The fourth-order valence-electron chi connectivity index (χ4n) is 3.30. The molecule has 2 aliphatic rings. The van der Waals surface area contributed by atoms with Crippen molar-refractivity contribution in [2.24, 2.45) is 7.05 Å². The molecule has 1 aromatic rings. The van der Waals surface area contributed by atoms with Gasteiger partial charge in [0.2, 0.25) is 5.92 Å². The van der Waals surface area contributed by atoms with Crippen molar-refractivity contribution in [3.63, 3.8) is 0 Å². The topological polar surface area (TPSA) is 59.0 Å². The number of alkyl halides is 5. The molecule has 2 N–H and O–H groups in total. The smallest absolute Gasteiger partial charge is 0.329 e. The summed E-state index contributed by atoms with van der Waals surface area (Å²) in [4.78, 5) is 11.8. The number of carbonyl (C=O) groups excluding carboxylic acids is 1. The Morgan fingerprint density at radius 1 is 1.28 bits per heavy atom. The number of nitrogens with one attached hydrogen (secondary N) is 2. The number of nitrogens with zero attached hydrogens (tertiary/aromatic N) is 2. The minimum Gasteiger partial charge on any atom is -0.329 e. The summed E-state index contributed by atoms with van der Waals surface area (Å²) in [6.45, 7) is -1.45. The number of urea groups is 1. The third kappa shape index (κ3) is 3.87. The molecule has 3 rings (SSSR count). The number of hydrogen-bond acceptors (Lipinski definition) is 2. The van der Waals surface area contributed by atoms with E-state index in [1.54, 1.807) is 12.4 Å². The maximum atomic E-state index is 13.2. The van der Waals surface area contributed by atoms with Crippen molar-refractivity contribution >= 4 is 11.8 Å². The predicted molar refractivity (Wildman–Crippen MR) is 79.8 cm³/mol. The summed E-state index contributed by atoms with van der Waals surface area (Å²) in [6, 6.07) is -0.994. The molecule has 0 aromatic carbocycles. The first-order valence-corrected chi connectivity index (χ1v) is 8.12. The number of aromatic nitrogens is 2. The average molecular weight is 366 g/mol. The molecule has 0 unspecified atom stereocenters. The van der Waals surface area contributed by atoms with E-state index < -0.39 is 24.7 Å². The van der Waals surface area contributed by atoms with E-state index in [1.165, 1.54) is 4.68 Å². The van der Waals surface area contributed by atoms with Gasteiger partial charge in [0.05, 0.1) is 5.69 Å². The van der Waals surface area contributed by atoms with E-state index in [0.29, 0.717) is 11.3 Å². The van der Waals surface area contributed by atoms with Crippen LogP contribution in [0.5, 0.6) is 0 Å². The van der Waals surface area contributed by atoms with E-state index in [4.69, 9.17) is 0 Å². The van der Waals surface area contributed by atoms with E-state index in [0.717, 1.165) is 19.3 Å². The second-order valence-electron chi connectivity index (χ2n) is 6.78. The van der Waals surface area contributed by atoms with Crippen molar-refractivity contribution in [3.8, 4) is 0 Å². The number of carbonyl (C=O) groups is 1. The largest absolute Gasteiger partial charge is 0.405 e. The molecule has 140 valence electrons. The summed E-state index contributed by atoms with van der Waals surface area (Å²) in [5, 5.41) is 8.43. The number of rotatable bonds is 4. The van der Waals surface area contributed by atoms with E-state index in [1.807, 2.05) is 0 Å². The summed E-state index contributed by atoms with van der Waals surface area (Å²) < 4.78 is 64.4. The van der Waals surface area contributed by atoms with Crippen molar-refractivity contribution in [1.82, 2.24) is 15.1 Å². The van der Waals surface area contributed by atoms with Crippen LogP contribution in [0.3, 0.4) is 0 Å². The van der Waals surface area contributed by atoms with Crippen LogP contribution in [0, 0.1) is 0 Å². The molecule has 1 heterocycles. The van der Waals surface area contributed by atoms with E-state index >= 15 is 0 Å². The van der Waals surface area contributed by atoms with Crippen molar-refractivity contribution in [2.75, 3.05) is 11.9 Å². The highest BCUT2D eigenvalue weighted by atomic mass is 19.4. The third-order valence-corrected chi connectivity index (χ3v) is 4.78. The van der Waals surface area contributed by atoms with Gasteiger partial charge in [0.1, 0.15) is 12.4 Å². The van der Waals surface area contributed by atoms with Gasteiger partial charge in [-0.05, 0) is 18.8 Å². The van der Waals surface area contributed by atoms with Gasteiger partial charge >= 0.3 is 12.2 Å². The first kappa shape index (κ1) is 17.9. The first-order valence-electron chi connectivity index (χ1n) is 8.12. The summed E-state index contributed by atoms with van der Waals surface area (Å²) in [5.41, 5.74) is 1.22. The Morgan fingerprint density at radius 3 is 2.40 bits per heavy atom. The predicted octanol–water partition coefficient (Wildman–Crippen LogP) is 3.88. The lowest BCUT2D eigenvalue weighted by Gasteiger charge is -2.36. The van der Waals surface area contributed by atoms with Crippen LogP contribution in [0.4, 0.5) is 32.6 Å². The normalized spacial score (nSPS) is 20.7. The SMILES string of the molecule is Cn1nc(C2CC(F)(F)C2)c(C2CCC2)c1NC(=O)NCC(F)(F)F. The third-order valence-electron chi connectivity index (χ3n) is 4.78. The lowest BCUT2D eigenvalue weighted by Crippen LogP contribution is -2.37. The molecule has 5 nitrogen and oxygen atoms in total. The molecule has 2 fully saturated rings. The summed E-state index contributed by atoms with van der Waals surface area (Å²) in [5.74, 6) is -2.70. The van der Waals surface area contributed by atoms with Crippen LogP contribution in [0.25, 0.3) is 0 Å². The van der Waals surface area contributed by atoms with Gasteiger partial charge in [-0.15, -0.1) is 0 Å². The number of hydrogen-bond donors (Lipinski definition) is 2. The van der Waals surface area contributed by atoms with Gasteiger partial charge in [-0.25, -0.2) is 13.6 Å². The number of halogens is 5. The van der Waals surface area contributed by atoms with Crippen LogP contribution in [0.2, 0.25) is 0 Å². The molecule has 0 atom stereocenters. The highest BCUT2D eigenvalue weighted by Crippen LogP contribution is 2.52. The number of anilines is 1. The Hall–Kier alpha value is -1.87. The molecular weight excluding hydrogens is 347 g/mol. The molecule has 0 spiro atoms. The van der Waals surface area contributed by atoms with Gasteiger partial charge in [-0.3, -0.25) is 10.00 Å². The van der Waals surface area contributed by atoms with Crippen LogP contribution in [-0.4, -0.2) is 34.5 Å². The van der Waals surface area contributed by atoms with Crippen molar-refractivity contribution in [2.45, 2.75) is 56.0 Å². The molecule has 0 bridgehead atoms. The van der Waals surface area contributed by atoms with Gasteiger partial charge in [0, 0.05) is 31.4 Å². The van der Waals surface area contributed by atoms with E-state index in [9.17, 15) is 26.7 Å². The molecule has 0 saturated heterocycles. The Labute approximate surface area is 140 Å². The second-order valence-corrected chi connectivity index (χ2v) is 6.78. The minimum atomic E-state index is -4.51. The monoisotopic (exact) mass is 366 g/mol. The second kappa shape index (κ2) is 6.14. The quantitative estimate of drug-likeness (QED) is 0.795. The van der Waals surface area contributed by atoms with Gasteiger partial charge in [0.25, 0.3) is 0 Å². The Balaban J connectivity index is 1.78. The fraction of sp³-hybridized carbons (Fsp3) is 0.733. The van der Waals surface area contributed by atoms with Crippen LogP contribution < -0.4 is 10.6 Å². The van der Waals surface area contributed by atoms with Crippen molar-refractivity contribution < 1.29 is 26.7 Å². The highest BCUT2D eigenvalue weighted by molar-refractivity contribution is 5.89. The van der Waals surface area contributed by atoms with E-state index in [2.05, 4.69) is 10.4 Å². The lowest BCUT2D eigenvalue weighted by atomic mass is 9.73. The van der Waals surface area contributed by atoms with Gasteiger partial charge < -0.3 is 5.32 Å². The van der Waals surface area contributed by atoms with Crippen LogP contribution in [0.15, 0.2) is 0 Å². The zero-order chi connectivity index (χ0) is 18.4. The first-order chi connectivity index (χ1) is 11.6. The summed E-state index contributed by atoms with van der Waals surface area (Å²) in [7, 11) is 1.54. The molecule has 1 aromatic heterocycles. The lowest BCUT2D eigenvalue weighted by molar-refractivity contribution is -0.122. The zero-order valence-electron chi connectivity index (χ0n) is 13.6. The summed E-state index contributed by atoms with van der Waals surface area (Å²) in [6.07, 6.45) is -2.41. The fourth-order valence-corrected chi connectivity index (χ4v) is 3.30. The molecule has 25 heavy (non-hydrogen) atoms. The Kier molecular flexibility index (Phi) is 4.40. The molecule has 2 aliphatic carbocycles. The average Bonchev–Trinajstić information content (AvgIpc) is 2.69. The van der Waals surface area contributed by atoms with Gasteiger partial charge in [0.15, 0.2) is 0 Å². The highest BCUT2D eigenvalue weighted by Gasteiger charge is 2.49. The minimum absolute atomic E-state index is 0.0934. The number of aryl methyl sites for hydroxylation is 1. The standard InChI is InChI=1S/C15H19F5N4O/c1-24-12(22-13(25)21-7-15(18,19)20)10(8-3-2-4-8)11(23-24)9-5-14(16,17)6-9/h8-9H,2-7H2,1H3,(H2,21,22,25).